The quantitative estimate of drug-likeness (QED) is 0.527. The van der Waals surface area contributed by atoms with Crippen molar-refractivity contribution in [1.82, 2.24) is 4.98 Å². The Morgan fingerprint density at radius 1 is 0.591 bits per heavy atom. The van der Waals surface area contributed by atoms with Gasteiger partial charge in [0.05, 0.1) is 11.1 Å². The predicted molar refractivity (Wildman–Crippen MR) is 59.6 cm³/mol. The Kier molecular flexibility index (Phi) is 3.84. The van der Waals surface area contributed by atoms with Crippen LogP contribution >= 0.6 is 0 Å². The highest BCUT2D eigenvalue weighted by atomic mass is 19.4. The van der Waals surface area contributed by atoms with Crippen molar-refractivity contribution in [1.29, 1.82) is 0 Å². The number of halogens is 8. The van der Waals surface area contributed by atoms with Gasteiger partial charge in [-0.05, 0) is 29.3 Å². The molecule has 0 fully saturated rings. The molecule has 1 aromatic heterocycles. The van der Waals surface area contributed by atoms with Crippen molar-refractivity contribution in [3.63, 3.8) is 0 Å². The number of hydrogen-bond donors (Lipinski definition) is 0. The molecule has 2 aromatic rings. The number of benzene rings is 1. The van der Waals surface area contributed by atoms with E-state index in [1.165, 1.54) is 0 Å². The minimum atomic E-state index is -5.04. The fourth-order valence-electron chi connectivity index (χ4n) is 1.75. The molecule has 1 aromatic carbocycles. The molecule has 0 aliphatic rings. The van der Waals surface area contributed by atoms with Gasteiger partial charge in [-0.3, -0.25) is 0 Å². The van der Waals surface area contributed by atoms with Gasteiger partial charge in [-0.2, -0.15) is 40.1 Å². The van der Waals surface area contributed by atoms with Gasteiger partial charge in [0.2, 0.25) is 11.9 Å². The summed E-state index contributed by atoms with van der Waals surface area (Å²) in [5, 5.41) is 0. The van der Waals surface area contributed by atoms with Crippen LogP contribution in [0.3, 0.4) is 0 Å². The molecular formula is C13H5F8N. The lowest BCUT2D eigenvalue weighted by molar-refractivity contribution is -0.143. The second-order valence-electron chi connectivity index (χ2n) is 4.30. The van der Waals surface area contributed by atoms with E-state index in [2.05, 4.69) is 4.98 Å². The second-order valence-corrected chi connectivity index (χ2v) is 4.30. The highest BCUT2D eigenvalue weighted by molar-refractivity contribution is 5.65. The van der Waals surface area contributed by atoms with E-state index in [1.54, 1.807) is 0 Å². The van der Waals surface area contributed by atoms with Gasteiger partial charge >= 0.3 is 12.4 Å². The molecule has 2 rings (SSSR count). The molecule has 0 aliphatic heterocycles. The molecule has 0 bridgehead atoms. The Balaban J connectivity index is 2.70. The summed E-state index contributed by atoms with van der Waals surface area (Å²) in [5.74, 6) is -2.72. The highest BCUT2D eigenvalue weighted by Crippen LogP contribution is 2.38. The van der Waals surface area contributed by atoms with E-state index in [0.717, 1.165) is 0 Å². The third kappa shape index (κ3) is 3.52. The van der Waals surface area contributed by atoms with Gasteiger partial charge in [0.25, 0.3) is 0 Å². The van der Waals surface area contributed by atoms with Crippen LogP contribution in [0.1, 0.15) is 11.1 Å². The number of alkyl halides is 6. The number of hydrogen-bond acceptors (Lipinski definition) is 1. The van der Waals surface area contributed by atoms with Gasteiger partial charge in [0.1, 0.15) is 0 Å². The summed E-state index contributed by atoms with van der Waals surface area (Å²) in [7, 11) is 0. The summed E-state index contributed by atoms with van der Waals surface area (Å²) >= 11 is 0. The maximum atomic E-state index is 13.0. The van der Waals surface area contributed by atoms with Crippen molar-refractivity contribution in [3.05, 3.63) is 53.4 Å². The summed E-state index contributed by atoms with van der Waals surface area (Å²) in [6.07, 6.45) is -10.1. The maximum absolute atomic E-state index is 13.0. The number of pyridine rings is 1. The average molecular weight is 327 g/mol. The van der Waals surface area contributed by atoms with Crippen LogP contribution in [0.4, 0.5) is 35.1 Å². The molecule has 0 unspecified atom stereocenters. The van der Waals surface area contributed by atoms with Crippen LogP contribution in [0.2, 0.25) is 0 Å². The summed E-state index contributed by atoms with van der Waals surface area (Å²) < 4.78 is 102. The molecular weight excluding hydrogens is 322 g/mol. The summed E-state index contributed by atoms with van der Waals surface area (Å²) in [6, 6.07) is 1.77. The Morgan fingerprint density at radius 2 is 0.955 bits per heavy atom. The normalized spacial score (nSPS) is 12.5. The Bertz CT molecular complexity index is 650. The minimum absolute atomic E-state index is 0.0720. The van der Waals surface area contributed by atoms with Crippen LogP contribution in [-0.2, 0) is 12.4 Å². The van der Waals surface area contributed by atoms with Crippen LogP contribution in [0.5, 0.6) is 0 Å². The van der Waals surface area contributed by atoms with Crippen molar-refractivity contribution < 1.29 is 35.1 Å². The first-order valence-electron chi connectivity index (χ1n) is 5.60. The predicted octanol–water partition coefficient (Wildman–Crippen LogP) is 5.06. The van der Waals surface area contributed by atoms with Gasteiger partial charge in [-0.25, -0.2) is 0 Å². The van der Waals surface area contributed by atoms with Crippen LogP contribution in [-0.4, -0.2) is 4.98 Å². The van der Waals surface area contributed by atoms with Crippen LogP contribution < -0.4 is 0 Å². The number of aromatic nitrogens is 1. The summed E-state index contributed by atoms with van der Waals surface area (Å²) in [4.78, 5) is 2.72. The molecule has 0 N–H and O–H groups in total. The first-order chi connectivity index (χ1) is 9.96. The van der Waals surface area contributed by atoms with E-state index in [9.17, 15) is 35.1 Å². The standard InChI is InChI=1S/C13H5F8N/c14-10-3-7(4-11(15)22-10)6-1-8(12(16,17)18)5-9(2-6)13(19,20)21/h1-5H. The van der Waals surface area contributed by atoms with Gasteiger partial charge in [-0.15, -0.1) is 0 Å². The van der Waals surface area contributed by atoms with E-state index in [-0.39, 0.29) is 6.07 Å². The molecule has 0 atom stereocenters. The van der Waals surface area contributed by atoms with E-state index in [1.807, 2.05) is 0 Å². The third-order valence-corrected chi connectivity index (χ3v) is 2.68. The molecule has 22 heavy (non-hydrogen) atoms. The largest absolute Gasteiger partial charge is 0.416 e. The highest BCUT2D eigenvalue weighted by Gasteiger charge is 2.37. The van der Waals surface area contributed by atoms with Crippen molar-refractivity contribution >= 4 is 0 Å². The smallest absolute Gasteiger partial charge is 0.191 e. The SMILES string of the molecule is Fc1cc(-c2cc(C(F)(F)F)cc(C(F)(F)F)c2)cc(F)n1. The second kappa shape index (κ2) is 5.22. The van der Waals surface area contributed by atoms with Crippen LogP contribution in [0.15, 0.2) is 30.3 Å². The average Bonchev–Trinajstić information content (AvgIpc) is 2.35. The van der Waals surface area contributed by atoms with Crippen molar-refractivity contribution in [2.24, 2.45) is 0 Å². The molecule has 0 spiro atoms. The minimum Gasteiger partial charge on any atom is -0.191 e. The first kappa shape index (κ1) is 16.2. The monoisotopic (exact) mass is 327 g/mol. The zero-order valence-electron chi connectivity index (χ0n) is 10.4. The van der Waals surface area contributed by atoms with Gasteiger partial charge in [-0.1, -0.05) is 0 Å². The first-order valence-corrected chi connectivity index (χ1v) is 5.60. The Hall–Kier alpha value is -2.19. The summed E-state index contributed by atoms with van der Waals surface area (Å²) in [5.41, 5.74) is -4.26. The van der Waals surface area contributed by atoms with Gasteiger partial charge < -0.3 is 0 Å². The molecule has 1 nitrogen and oxygen atoms in total. The van der Waals surface area contributed by atoms with E-state index in [0.29, 0.717) is 24.3 Å². The van der Waals surface area contributed by atoms with Gasteiger partial charge in [0, 0.05) is 12.1 Å². The fraction of sp³-hybridized carbons (Fsp3) is 0.154. The Morgan fingerprint density at radius 3 is 1.32 bits per heavy atom. The Labute approximate surface area is 118 Å². The molecule has 9 heteroatoms. The van der Waals surface area contributed by atoms with Crippen LogP contribution in [0.25, 0.3) is 11.1 Å². The summed E-state index contributed by atoms with van der Waals surface area (Å²) in [6.45, 7) is 0. The van der Waals surface area contributed by atoms with E-state index in [4.69, 9.17) is 0 Å². The van der Waals surface area contributed by atoms with E-state index < -0.39 is 46.5 Å². The molecule has 1 heterocycles. The lowest BCUT2D eigenvalue weighted by atomic mass is 10.00. The van der Waals surface area contributed by atoms with Crippen molar-refractivity contribution in [3.8, 4) is 11.1 Å². The zero-order chi connectivity index (χ0) is 16.7. The molecule has 0 aliphatic carbocycles. The topological polar surface area (TPSA) is 12.9 Å². The lowest BCUT2D eigenvalue weighted by Gasteiger charge is -2.14. The molecule has 0 saturated heterocycles. The molecule has 0 radical (unpaired) electrons. The molecule has 0 saturated carbocycles. The van der Waals surface area contributed by atoms with Crippen molar-refractivity contribution in [2.75, 3.05) is 0 Å². The van der Waals surface area contributed by atoms with Crippen molar-refractivity contribution in [2.45, 2.75) is 12.4 Å². The van der Waals surface area contributed by atoms with E-state index >= 15 is 0 Å². The molecule has 0 amide bonds. The lowest BCUT2D eigenvalue weighted by Crippen LogP contribution is -2.11. The molecule has 118 valence electrons. The fourth-order valence-corrected chi connectivity index (χ4v) is 1.75. The maximum Gasteiger partial charge on any atom is 0.416 e. The number of rotatable bonds is 1. The zero-order valence-corrected chi connectivity index (χ0v) is 10.4. The number of nitrogens with zero attached hydrogens (tertiary/aromatic N) is 1. The van der Waals surface area contributed by atoms with Gasteiger partial charge in [0.15, 0.2) is 0 Å². The third-order valence-electron chi connectivity index (χ3n) is 2.68. The van der Waals surface area contributed by atoms with Crippen LogP contribution in [0, 0.1) is 11.9 Å².